The van der Waals surface area contributed by atoms with Crippen LogP contribution in [0.3, 0.4) is 0 Å². The molecule has 1 saturated heterocycles. The van der Waals surface area contributed by atoms with Crippen LogP contribution < -0.4 is 0 Å². The van der Waals surface area contributed by atoms with E-state index in [9.17, 15) is 4.79 Å². The third kappa shape index (κ3) is 6.77. The molecule has 1 aliphatic heterocycles. The molecule has 1 heterocycles. The maximum Gasteiger partial charge on any atom is 0.332 e. The van der Waals surface area contributed by atoms with Crippen molar-refractivity contribution < 1.29 is 19.0 Å². The Balaban J connectivity index is 1.23. The molecular weight excluding hydrogens is 436 g/mol. The van der Waals surface area contributed by atoms with Crippen LogP contribution in [-0.4, -0.2) is 25.5 Å². The van der Waals surface area contributed by atoms with Gasteiger partial charge < -0.3 is 14.2 Å². The summed E-state index contributed by atoms with van der Waals surface area (Å²) in [4.78, 5) is 12.0. The highest BCUT2D eigenvalue weighted by atomic mass is 16.7. The number of benzene rings is 1. The van der Waals surface area contributed by atoms with Crippen LogP contribution in [0.5, 0.6) is 0 Å². The van der Waals surface area contributed by atoms with Crippen molar-refractivity contribution in [2.45, 2.75) is 122 Å². The molecule has 0 spiro atoms. The fourth-order valence-electron chi connectivity index (χ4n) is 6.48. The van der Waals surface area contributed by atoms with Gasteiger partial charge in [-0.1, -0.05) is 76.3 Å². The Kier molecular flexibility index (Phi) is 9.46. The molecule has 3 saturated carbocycles. The predicted octanol–water partition coefficient (Wildman–Crippen LogP) is 7.95. The number of fused-ring (bicyclic) bond motifs is 3. The number of hydrogen-bond donors (Lipinski definition) is 0. The van der Waals surface area contributed by atoms with Gasteiger partial charge in [0.1, 0.15) is 12.7 Å². The van der Waals surface area contributed by atoms with Gasteiger partial charge in [0.05, 0.1) is 6.61 Å². The van der Waals surface area contributed by atoms with Gasteiger partial charge in [-0.25, -0.2) is 4.79 Å². The lowest BCUT2D eigenvalue weighted by Crippen LogP contribution is -2.44. The summed E-state index contributed by atoms with van der Waals surface area (Å²) in [6, 6.07) is 9.12. The molecule has 5 rings (SSSR count). The van der Waals surface area contributed by atoms with E-state index >= 15 is 0 Å². The number of allylic oxidation sites excluding steroid dienone is 1. The van der Waals surface area contributed by atoms with E-state index in [1.165, 1.54) is 88.7 Å². The van der Waals surface area contributed by atoms with Gasteiger partial charge in [0.15, 0.2) is 0 Å². The number of carbonyl (C=O) groups is 1. The van der Waals surface area contributed by atoms with Crippen LogP contribution in [0.2, 0.25) is 0 Å². The zero-order chi connectivity index (χ0) is 24.6. The van der Waals surface area contributed by atoms with E-state index in [0.29, 0.717) is 17.4 Å². The second-order valence-electron chi connectivity index (χ2n) is 11.3. The second-order valence-corrected chi connectivity index (χ2v) is 11.3. The molecule has 0 amide bonds. The maximum absolute atomic E-state index is 12.0. The van der Waals surface area contributed by atoms with Crippen molar-refractivity contribution in [3.8, 4) is 0 Å². The summed E-state index contributed by atoms with van der Waals surface area (Å²) in [7, 11) is 0. The average Bonchev–Trinajstić information content (AvgIpc) is 2.90. The SMILES string of the molecule is CCCCC/C=C/C(=O)O[C@H]1CO[C@H](c2ccc(C34CCC(CCCCC)(CC3)CC4)cc2)CO1. The van der Waals surface area contributed by atoms with Gasteiger partial charge in [0.2, 0.25) is 6.29 Å². The van der Waals surface area contributed by atoms with Gasteiger partial charge in [-0.2, -0.15) is 0 Å². The van der Waals surface area contributed by atoms with E-state index in [1.807, 2.05) is 6.08 Å². The smallest absolute Gasteiger partial charge is 0.332 e. The summed E-state index contributed by atoms with van der Waals surface area (Å²) >= 11 is 0. The van der Waals surface area contributed by atoms with Crippen molar-refractivity contribution in [1.29, 1.82) is 0 Å². The molecular formula is C31H46O4. The fraction of sp³-hybridized carbons (Fsp3) is 0.710. The summed E-state index contributed by atoms with van der Waals surface area (Å²) in [5.41, 5.74) is 3.69. The molecule has 4 fully saturated rings. The van der Waals surface area contributed by atoms with E-state index in [1.54, 1.807) is 0 Å². The van der Waals surface area contributed by atoms with Crippen LogP contribution in [0.25, 0.3) is 0 Å². The van der Waals surface area contributed by atoms with Gasteiger partial charge in [-0.3, -0.25) is 0 Å². The largest absolute Gasteiger partial charge is 0.430 e. The molecule has 0 unspecified atom stereocenters. The fourth-order valence-corrected chi connectivity index (χ4v) is 6.48. The Labute approximate surface area is 212 Å². The van der Waals surface area contributed by atoms with Crippen molar-refractivity contribution in [2.75, 3.05) is 13.2 Å². The highest BCUT2D eigenvalue weighted by molar-refractivity contribution is 5.81. The third-order valence-corrected chi connectivity index (χ3v) is 8.95. The number of rotatable bonds is 12. The number of unbranched alkanes of at least 4 members (excludes halogenated alkanes) is 5. The monoisotopic (exact) mass is 482 g/mol. The number of carbonyl (C=O) groups excluding carboxylic acids is 1. The minimum Gasteiger partial charge on any atom is -0.430 e. The van der Waals surface area contributed by atoms with Gasteiger partial charge in [-0.15, -0.1) is 0 Å². The van der Waals surface area contributed by atoms with E-state index in [2.05, 4.69) is 38.1 Å². The standard InChI is InChI=1S/C31H46O4/c1-3-5-7-8-9-11-28(32)35-29-24-33-27(23-34-29)25-12-14-26(15-13-25)31-20-17-30(18-21-31,19-22-31)16-10-6-4-2/h9,11-15,27,29H,3-8,10,16-24H2,1-2H3/b11-9+/t27-,29-,30?,31?/m0/s1. The van der Waals surface area contributed by atoms with Crippen molar-refractivity contribution in [1.82, 2.24) is 0 Å². The Morgan fingerprint density at radius 3 is 2.23 bits per heavy atom. The first kappa shape index (κ1) is 26.4. The zero-order valence-electron chi connectivity index (χ0n) is 22.1. The van der Waals surface area contributed by atoms with Crippen LogP contribution in [0, 0.1) is 5.41 Å². The lowest BCUT2D eigenvalue weighted by Gasteiger charge is -2.54. The maximum atomic E-state index is 12.0. The Morgan fingerprint density at radius 2 is 1.60 bits per heavy atom. The van der Waals surface area contributed by atoms with Crippen molar-refractivity contribution in [3.05, 3.63) is 47.5 Å². The lowest BCUT2D eigenvalue weighted by atomic mass is 9.51. The molecule has 1 aromatic carbocycles. The topological polar surface area (TPSA) is 44.8 Å². The molecule has 0 aromatic heterocycles. The van der Waals surface area contributed by atoms with Crippen LogP contribution in [-0.2, 0) is 24.4 Å². The number of esters is 1. The molecule has 3 aliphatic carbocycles. The van der Waals surface area contributed by atoms with Crippen LogP contribution >= 0.6 is 0 Å². The lowest BCUT2D eigenvalue weighted by molar-refractivity contribution is -0.230. The Morgan fingerprint density at radius 1 is 0.914 bits per heavy atom. The minimum absolute atomic E-state index is 0.106. The molecule has 0 N–H and O–H groups in total. The molecule has 4 aliphatic rings. The number of hydrogen-bond acceptors (Lipinski definition) is 4. The summed E-state index contributed by atoms with van der Waals surface area (Å²) < 4.78 is 17.2. The van der Waals surface area contributed by atoms with E-state index in [4.69, 9.17) is 14.2 Å². The predicted molar refractivity (Wildman–Crippen MR) is 140 cm³/mol. The van der Waals surface area contributed by atoms with Crippen molar-refractivity contribution >= 4 is 5.97 Å². The Bertz CT molecular complexity index is 794. The minimum atomic E-state index is -0.626. The van der Waals surface area contributed by atoms with Gasteiger partial charge in [0.25, 0.3) is 0 Å². The van der Waals surface area contributed by atoms with Gasteiger partial charge in [-0.05, 0) is 79.7 Å². The summed E-state index contributed by atoms with van der Waals surface area (Å²) in [6.07, 6.45) is 20.9. The van der Waals surface area contributed by atoms with E-state index in [-0.39, 0.29) is 18.7 Å². The molecule has 194 valence electrons. The molecule has 1 aromatic rings. The van der Waals surface area contributed by atoms with Crippen LogP contribution in [0.15, 0.2) is 36.4 Å². The highest BCUT2D eigenvalue weighted by Gasteiger charge is 2.48. The van der Waals surface area contributed by atoms with Crippen LogP contribution in [0.4, 0.5) is 0 Å². The average molecular weight is 483 g/mol. The first-order valence-corrected chi connectivity index (χ1v) is 14.3. The van der Waals surface area contributed by atoms with Gasteiger partial charge >= 0.3 is 5.97 Å². The summed E-state index contributed by atoms with van der Waals surface area (Å²) in [5, 5.41) is 0. The van der Waals surface area contributed by atoms with Crippen molar-refractivity contribution in [2.24, 2.45) is 5.41 Å². The highest BCUT2D eigenvalue weighted by Crippen LogP contribution is 2.59. The first-order chi connectivity index (χ1) is 17.1. The first-order valence-electron chi connectivity index (χ1n) is 14.3. The van der Waals surface area contributed by atoms with Gasteiger partial charge in [0, 0.05) is 6.08 Å². The van der Waals surface area contributed by atoms with E-state index < -0.39 is 6.29 Å². The molecule has 35 heavy (non-hydrogen) atoms. The Hall–Kier alpha value is -1.65. The van der Waals surface area contributed by atoms with Crippen LogP contribution in [0.1, 0.15) is 121 Å². The van der Waals surface area contributed by atoms with Crippen molar-refractivity contribution in [3.63, 3.8) is 0 Å². The third-order valence-electron chi connectivity index (χ3n) is 8.95. The molecule has 0 radical (unpaired) electrons. The van der Waals surface area contributed by atoms with E-state index in [0.717, 1.165) is 18.4 Å². The molecule has 4 heteroatoms. The molecule has 4 nitrogen and oxygen atoms in total. The quantitative estimate of drug-likeness (QED) is 0.172. The number of ether oxygens (including phenoxy) is 3. The molecule has 2 bridgehead atoms. The summed E-state index contributed by atoms with van der Waals surface area (Å²) in [6.45, 7) is 5.15. The molecule has 2 atom stereocenters. The normalized spacial score (nSPS) is 30.6. The second kappa shape index (κ2) is 12.5. The zero-order valence-corrected chi connectivity index (χ0v) is 22.1. The summed E-state index contributed by atoms with van der Waals surface area (Å²) in [5.74, 6) is -0.355.